The summed E-state index contributed by atoms with van der Waals surface area (Å²) < 4.78 is 1.89. The Labute approximate surface area is 202 Å². The Balaban J connectivity index is 1.38. The van der Waals surface area contributed by atoms with Crippen molar-refractivity contribution in [1.82, 2.24) is 25.1 Å². The van der Waals surface area contributed by atoms with Crippen molar-refractivity contribution in [3.8, 4) is 11.1 Å². The molecule has 0 bridgehead atoms. The molecule has 0 saturated heterocycles. The van der Waals surface area contributed by atoms with Crippen LogP contribution in [0.15, 0.2) is 76.9 Å². The van der Waals surface area contributed by atoms with Gasteiger partial charge in [-0.15, -0.1) is 0 Å². The standard InChI is InChI=1S/C26H27N5O2S/c1-18-22(25(33)30-26(29-18)34-2)12-13-24(32)27-16-21-6-3-4-7-23(21)20-10-8-19(9-11-20)17-31-15-5-14-28-31/h3-11,14-15H,12-13,16-17H2,1-2H3,(H,27,32)(H,29,30,33). The third-order valence-electron chi connectivity index (χ3n) is 5.66. The molecule has 0 aliphatic rings. The average molecular weight is 474 g/mol. The van der Waals surface area contributed by atoms with Crippen LogP contribution in [0.1, 0.15) is 28.8 Å². The van der Waals surface area contributed by atoms with E-state index in [1.807, 2.05) is 41.4 Å². The average Bonchev–Trinajstić information content (AvgIpc) is 3.36. The normalized spacial score (nSPS) is 10.9. The first kappa shape index (κ1) is 23.5. The Hall–Kier alpha value is -3.65. The number of aryl methyl sites for hydroxylation is 1. The monoisotopic (exact) mass is 473 g/mol. The molecule has 2 N–H and O–H groups in total. The number of rotatable bonds is 9. The lowest BCUT2D eigenvalue weighted by molar-refractivity contribution is -0.121. The second-order valence-corrected chi connectivity index (χ2v) is 8.77. The number of H-pyrrole nitrogens is 1. The number of hydrogen-bond donors (Lipinski definition) is 2. The van der Waals surface area contributed by atoms with Gasteiger partial charge in [0.15, 0.2) is 5.16 Å². The van der Waals surface area contributed by atoms with Gasteiger partial charge in [0.25, 0.3) is 5.56 Å². The molecular formula is C26H27N5O2S. The maximum absolute atomic E-state index is 12.5. The van der Waals surface area contributed by atoms with Crippen LogP contribution >= 0.6 is 11.8 Å². The minimum Gasteiger partial charge on any atom is -0.352 e. The summed E-state index contributed by atoms with van der Waals surface area (Å²) in [5.41, 5.74) is 5.44. The molecule has 174 valence electrons. The van der Waals surface area contributed by atoms with Crippen LogP contribution in [-0.4, -0.2) is 31.9 Å². The molecule has 2 heterocycles. The van der Waals surface area contributed by atoms with Crippen LogP contribution in [0.2, 0.25) is 0 Å². The van der Waals surface area contributed by atoms with E-state index in [9.17, 15) is 9.59 Å². The highest BCUT2D eigenvalue weighted by atomic mass is 32.2. The van der Waals surface area contributed by atoms with Gasteiger partial charge in [-0.3, -0.25) is 14.3 Å². The molecule has 0 atom stereocenters. The number of benzene rings is 2. The van der Waals surface area contributed by atoms with E-state index in [-0.39, 0.29) is 17.9 Å². The lowest BCUT2D eigenvalue weighted by atomic mass is 9.98. The summed E-state index contributed by atoms with van der Waals surface area (Å²) in [7, 11) is 0. The van der Waals surface area contributed by atoms with Gasteiger partial charge in [-0.2, -0.15) is 5.10 Å². The highest BCUT2D eigenvalue weighted by Gasteiger charge is 2.12. The first-order valence-corrected chi connectivity index (χ1v) is 12.3. The van der Waals surface area contributed by atoms with Crippen molar-refractivity contribution in [2.45, 2.75) is 38.0 Å². The predicted molar refractivity (Wildman–Crippen MR) is 135 cm³/mol. The Morgan fingerprint density at radius 2 is 1.91 bits per heavy atom. The fraction of sp³-hybridized carbons (Fsp3) is 0.231. The van der Waals surface area contributed by atoms with Crippen molar-refractivity contribution in [3.05, 3.63) is 99.7 Å². The van der Waals surface area contributed by atoms with Gasteiger partial charge < -0.3 is 10.3 Å². The molecule has 2 aromatic carbocycles. The lowest BCUT2D eigenvalue weighted by Crippen LogP contribution is -2.25. The van der Waals surface area contributed by atoms with Crippen LogP contribution in [0.25, 0.3) is 11.1 Å². The summed E-state index contributed by atoms with van der Waals surface area (Å²) in [5, 5.41) is 7.83. The van der Waals surface area contributed by atoms with Gasteiger partial charge >= 0.3 is 0 Å². The minimum atomic E-state index is -0.175. The summed E-state index contributed by atoms with van der Waals surface area (Å²) in [4.78, 5) is 31.9. The fourth-order valence-electron chi connectivity index (χ4n) is 3.82. The second-order valence-electron chi connectivity index (χ2n) is 7.97. The number of carbonyl (C=O) groups is 1. The molecule has 0 unspecified atom stereocenters. The molecule has 0 saturated carbocycles. The summed E-state index contributed by atoms with van der Waals surface area (Å²) in [6, 6.07) is 18.4. The Morgan fingerprint density at radius 3 is 2.62 bits per heavy atom. The molecule has 8 heteroatoms. The number of carbonyl (C=O) groups excluding carboxylic acids is 1. The quantitative estimate of drug-likeness (QED) is 0.284. The zero-order valence-electron chi connectivity index (χ0n) is 19.2. The summed E-state index contributed by atoms with van der Waals surface area (Å²) in [6.07, 6.45) is 6.16. The van der Waals surface area contributed by atoms with Crippen LogP contribution in [0.4, 0.5) is 0 Å². The minimum absolute atomic E-state index is 0.0999. The smallest absolute Gasteiger partial charge is 0.254 e. The maximum atomic E-state index is 12.5. The molecule has 4 rings (SSSR count). The molecule has 34 heavy (non-hydrogen) atoms. The Kier molecular flexibility index (Phi) is 7.59. The van der Waals surface area contributed by atoms with Crippen LogP contribution < -0.4 is 10.9 Å². The molecule has 0 aliphatic carbocycles. The van der Waals surface area contributed by atoms with E-state index in [2.05, 4.69) is 50.7 Å². The molecule has 0 radical (unpaired) electrons. The van der Waals surface area contributed by atoms with E-state index in [1.54, 1.807) is 13.1 Å². The molecule has 2 aromatic heterocycles. The Bertz CT molecular complexity index is 1310. The van der Waals surface area contributed by atoms with Crippen molar-refractivity contribution in [2.24, 2.45) is 0 Å². The molecular weight excluding hydrogens is 446 g/mol. The SMILES string of the molecule is CSc1nc(C)c(CCC(=O)NCc2ccccc2-c2ccc(Cn3cccn3)cc2)c(=O)[nH]1. The topological polar surface area (TPSA) is 92.7 Å². The summed E-state index contributed by atoms with van der Waals surface area (Å²) >= 11 is 1.39. The van der Waals surface area contributed by atoms with E-state index in [0.717, 1.165) is 23.2 Å². The van der Waals surface area contributed by atoms with Gasteiger partial charge in [-0.05, 0) is 47.9 Å². The van der Waals surface area contributed by atoms with E-state index < -0.39 is 0 Å². The van der Waals surface area contributed by atoms with Crippen molar-refractivity contribution in [1.29, 1.82) is 0 Å². The van der Waals surface area contributed by atoms with Gasteiger partial charge in [0.05, 0.1) is 6.54 Å². The first-order valence-electron chi connectivity index (χ1n) is 11.1. The van der Waals surface area contributed by atoms with E-state index >= 15 is 0 Å². The zero-order chi connectivity index (χ0) is 23.9. The summed E-state index contributed by atoms with van der Waals surface area (Å²) in [6.45, 7) is 2.95. The largest absolute Gasteiger partial charge is 0.352 e. The second kappa shape index (κ2) is 11.0. The van der Waals surface area contributed by atoms with Gasteiger partial charge in [-0.25, -0.2) is 4.98 Å². The van der Waals surface area contributed by atoms with Crippen molar-refractivity contribution >= 4 is 17.7 Å². The molecule has 7 nitrogen and oxygen atoms in total. The fourth-order valence-corrected chi connectivity index (χ4v) is 4.25. The zero-order valence-corrected chi connectivity index (χ0v) is 20.1. The molecule has 1 amide bonds. The van der Waals surface area contributed by atoms with Crippen molar-refractivity contribution in [2.75, 3.05) is 6.26 Å². The first-order chi connectivity index (χ1) is 16.5. The number of aromatic nitrogens is 4. The highest BCUT2D eigenvalue weighted by Crippen LogP contribution is 2.24. The van der Waals surface area contributed by atoms with Gasteiger partial charge in [-0.1, -0.05) is 60.3 Å². The van der Waals surface area contributed by atoms with E-state index in [0.29, 0.717) is 29.4 Å². The maximum Gasteiger partial charge on any atom is 0.254 e. The van der Waals surface area contributed by atoms with Crippen LogP contribution in [-0.2, 0) is 24.3 Å². The predicted octanol–water partition coefficient (Wildman–Crippen LogP) is 3.96. The highest BCUT2D eigenvalue weighted by molar-refractivity contribution is 7.98. The van der Waals surface area contributed by atoms with Gasteiger partial charge in [0.2, 0.25) is 5.91 Å². The van der Waals surface area contributed by atoms with Crippen molar-refractivity contribution in [3.63, 3.8) is 0 Å². The van der Waals surface area contributed by atoms with Crippen LogP contribution in [0, 0.1) is 6.92 Å². The van der Waals surface area contributed by atoms with Gasteiger partial charge in [0.1, 0.15) is 0 Å². The van der Waals surface area contributed by atoms with Gasteiger partial charge in [0, 0.05) is 36.6 Å². The Morgan fingerprint density at radius 1 is 1.12 bits per heavy atom. The number of hydrogen-bond acceptors (Lipinski definition) is 5. The number of nitrogens with one attached hydrogen (secondary N) is 2. The lowest BCUT2D eigenvalue weighted by Gasteiger charge is -2.12. The molecule has 0 fully saturated rings. The third kappa shape index (κ3) is 5.82. The van der Waals surface area contributed by atoms with E-state index in [4.69, 9.17) is 0 Å². The van der Waals surface area contributed by atoms with Crippen molar-refractivity contribution < 1.29 is 4.79 Å². The number of thioether (sulfide) groups is 1. The van der Waals surface area contributed by atoms with Crippen LogP contribution in [0.3, 0.4) is 0 Å². The summed E-state index contributed by atoms with van der Waals surface area (Å²) in [5.74, 6) is -0.0999. The van der Waals surface area contributed by atoms with Crippen LogP contribution in [0.5, 0.6) is 0 Å². The number of amides is 1. The molecule has 0 spiro atoms. The number of nitrogens with zero attached hydrogens (tertiary/aromatic N) is 3. The van der Waals surface area contributed by atoms with E-state index in [1.165, 1.54) is 17.3 Å². The number of aromatic amines is 1. The molecule has 0 aliphatic heterocycles. The molecule has 4 aromatic rings. The third-order valence-corrected chi connectivity index (χ3v) is 6.24.